The predicted octanol–water partition coefficient (Wildman–Crippen LogP) is 4.21. The Kier molecular flexibility index (Phi) is 4.20. The fourth-order valence-corrected chi connectivity index (χ4v) is 2.84. The second-order valence-corrected chi connectivity index (χ2v) is 6.50. The number of aromatic nitrogens is 4. The van der Waals surface area contributed by atoms with Crippen LogP contribution in [0.25, 0.3) is 11.0 Å². The van der Waals surface area contributed by atoms with Crippen molar-refractivity contribution in [1.29, 1.82) is 0 Å². The summed E-state index contributed by atoms with van der Waals surface area (Å²) in [6.07, 6.45) is 3.98. The van der Waals surface area contributed by atoms with Crippen molar-refractivity contribution in [3.05, 3.63) is 40.6 Å². The lowest BCUT2D eigenvalue weighted by molar-refractivity contribution is 0.532. The summed E-state index contributed by atoms with van der Waals surface area (Å²) in [6, 6.07) is 6.57. The number of nitrogens with zero attached hydrogens (tertiary/aromatic N) is 4. The molecule has 22 heavy (non-hydrogen) atoms. The summed E-state index contributed by atoms with van der Waals surface area (Å²) < 4.78 is 5.21. The number of benzene rings is 1. The van der Waals surface area contributed by atoms with Gasteiger partial charge in [0, 0.05) is 35.4 Å². The Morgan fingerprint density at radius 1 is 1.32 bits per heavy atom. The summed E-state index contributed by atoms with van der Waals surface area (Å²) in [7, 11) is 0. The summed E-state index contributed by atoms with van der Waals surface area (Å²) in [5.41, 5.74) is 3.30. The van der Waals surface area contributed by atoms with Gasteiger partial charge in [-0.15, -0.1) is 0 Å². The number of halogens is 1. The highest BCUT2D eigenvalue weighted by atomic mass is 79.9. The van der Waals surface area contributed by atoms with E-state index in [1.54, 1.807) is 0 Å². The zero-order valence-electron chi connectivity index (χ0n) is 13.0. The van der Waals surface area contributed by atoms with E-state index in [-0.39, 0.29) is 0 Å². The van der Waals surface area contributed by atoms with Crippen molar-refractivity contribution in [1.82, 2.24) is 19.3 Å². The largest absolute Gasteiger partial charge is 0.351 e. The van der Waals surface area contributed by atoms with Crippen molar-refractivity contribution in [2.75, 3.05) is 5.32 Å². The summed E-state index contributed by atoms with van der Waals surface area (Å²) >= 11 is 3.50. The van der Waals surface area contributed by atoms with Crippen LogP contribution in [0.5, 0.6) is 0 Å². The van der Waals surface area contributed by atoms with Gasteiger partial charge < -0.3 is 9.88 Å². The zero-order valence-corrected chi connectivity index (χ0v) is 14.6. The number of nitrogens with one attached hydrogen (secondary N) is 1. The van der Waals surface area contributed by atoms with Crippen LogP contribution in [0.1, 0.15) is 32.4 Å². The Bertz CT molecular complexity index is 787. The van der Waals surface area contributed by atoms with Crippen LogP contribution in [0.4, 0.5) is 5.95 Å². The third kappa shape index (κ3) is 2.88. The van der Waals surface area contributed by atoms with E-state index in [1.807, 2.05) is 23.0 Å². The molecular formula is C16H20BrN5. The van der Waals surface area contributed by atoms with E-state index in [2.05, 4.69) is 63.9 Å². The highest BCUT2D eigenvalue weighted by Gasteiger charge is 2.10. The van der Waals surface area contributed by atoms with E-state index in [9.17, 15) is 0 Å². The Balaban J connectivity index is 1.83. The molecule has 3 aromatic rings. The van der Waals surface area contributed by atoms with Crippen molar-refractivity contribution in [2.24, 2.45) is 0 Å². The number of rotatable bonds is 5. The number of aryl methyl sites for hydroxylation is 1. The molecule has 0 fully saturated rings. The lowest BCUT2D eigenvalue weighted by Crippen LogP contribution is -2.06. The number of anilines is 1. The maximum Gasteiger partial charge on any atom is 0.204 e. The monoisotopic (exact) mass is 361 g/mol. The average molecular weight is 362 g/mol. The number of hydrogen-bond donors (Lipinski definition) is 1. The van der Waals surface area contributed by atoms with E-state index >= 15 is 0 Å². The fraction of sp³-hybridized carbons (Fsp3) is 0.375. The van der Waals surface area contributed by atoms with Crippen molar-refractivity contribution in [2.45, 2.75) is 39.9 Å². The molecule has 0 saturated carbocycles. The molecule has 0 radical (unpaired) electrons. The summed E-state index contributed by atoms with van der Waals surface area (Å²) in [6.45, 7) is 7.98. The average Bonchev–Trinajstić information content (AvgIpc) is 3.08. The first kappa shape index (κ1) is 15.1. The SMILES string of the molecule is CCn1c(NCc2cnn(C(C)C)c2)nc2cc(Br)ccc21. The van der Waals surface area contributed by atoms with E-state index in [0.29, 0.717) is 6.04 Å². The molecule has 1 aromatic carbocycles. The van der Waals surface area contributed by atoms with Gasteiger partial charge in [-0.05, 0) is 39.0 Å². The van der Waals surface area contributed by atoms with Gasteiger partial charge in [-0.2, -0.15) is 5.10 Å². The maximum absolute atomic E-state index is 4.70. The van der Waals surface area contributed by atoms with Gasteiger partial charge in [0.15, 0.2) is 0 Å². The first-order valence-electron chi connectivity index (χ1n) is 7.51. The third-order valence-electron chi connectivity index (χ3n) is 3.66. The molecule has 3 rings (SSSR count). The van der Waals surface area contributed by atoms with Crippen LogP contribution in [0.15, 0.2) is 35.1 Å². The first-order chi connectivity index (χ1) is 10.6. The van der Waals surface area contributed by atoms with E-state index in [1.165, 1.54) is 0 Å². The lowest BCUT2D eigenvalue weighted by atomic mass is 10.3. The lowest BCUT2D eigenvalue weighted by Gasteiger charge is -2.07. The minimum Gasteiger partial charge on any atom is -0.351 e. The van der Waals surface area contributed by atoms with Crippen LogP contribution < -0.4 is 5.32 Å². The minimum absolute atomic E-state index is 0.381. The van der Waals surface area contributed by atoms with Gasteiger partial charge in [0.2, 0.25) is 5.95 Å². The van der Waals surface area contributed by atoms with Gasteiger partial charge in [0.25, 0.3) is 0 Å². The Hall–Kier alpha value is -1.82. The van der Waals surface area contributed by atoms with Gasteiger partial charge in [-0.3, -0.25) is 4.68 Å². The molecule has 5 nitrogen and oxygen atoms in total. The van der Waals surface area contributed by atoms with Crippen LogP contribution in [0.3, 0.4) is 0 Å². The van der Waals surface area contributed by atoms with Crippen LogP contribution in [-0.4, -0.2) is 19.3 Å². The molecule has 0 aliphatic rings. The van der Waals surface area contributed by atoms with Crippen LogP contribution in [-0.2, 0) is 13.1 Å². The molecule has 0 amide bonds. The quantitative estimate of drug-likeness (QED) is 0.740. The van der Waals surface area contributed by atoms with Crippen LogP contribution in [0, 0.1) is 0 Å². The zero-order chi connectivity index (χ0) is 15.7. The molecule has 0 unspecified atom stereocenters. The van der Waals surface area contributed by atoms with Crippen LogP contribution >= 0.6 is 15.9 Å². The Labute approximate surface area is 138 Å². The molecule has 0 aliphatic heterocycles. The van der Waals surface area contributed by atoms with Crippen molar-refractivity contribution >= 4 is 32.9 Å². The molecule has 2 aromatic heterocycles. The summed E-state index contributed by atoms with van der Waals surface area (Å²) in [4.78, 5) is 4.70. The third-order valence-corrected chi connectivity index (χ3v) is 4.15. The normalized spacial score (nSPS) is 11.5. The molecule has 0 spiro atoms. The molecule has 0 aliphatic carbocycles. The van der Waals surface area contributed by atoms with Crippen molar-refractivity contribution in [3.8, 4) is 0 Å². The molecule has 2 heterocycles. The van der Waals surface area contributed by atoms with Crippen molar-refractivity contribution < 1.29 is 0 Å². The summed E-state index contributed by atoms with van der Waals surface area (Å²) in [5, 5.41) is 7.79. The molecule has 0 bridgehead atoms. The topological polar surface area (TPSA) is 47.7 Å². The molecule has 6 heteroatoms. The molecular weight excluding hydrogens is 342 g/mol. The van der Waals surface area contributed by atoms with Crippen molar-refractivity contribution in [3.63, 3.8) is 0 Å². The second kappa shape index (κ2) is 6.12. The highest BCUT2D eigenvalue weighted by Crippen LogP contribution is 2.23. The Morgan fingerprint density at radius 2 is 2.14 bits per heavy atom. The van der Waals surface area contributed by atoms with E-state index in [4.69, 9.17) is 4.98 Å². The number of fused-ring (bicyclic) bond motifs is 1. The van der Waals surface area contributed by atoms with Gasteiger partial charge in [-0.25, -0.2) is 4.98 Å². The first-order valence-corrected chi connectivity index (χ1v) is 8.30. The van der Waals surface area contributed by atoms with Gasteiger partial charge in [0.05, 0.1) is 17.2 Å². The minimum atomic E-state index is 0.381. The maximum atomic E-state index is 4.70. The van der Waals surface area contributed by atoms with Crippen LogP contribution in [0.2, 0.25) is 0 Å². The highest BCUT2D eigenvalue weighted by molar-refractivity contribution is 9.10. The molecule has 1 N–H and O–H groups in total. The van der Waals surface area contributed by atoms with Gasteiger partial charge in [-0.1, -0.05) is 15.9 Å². The molecule has 0 atom stereocenters. The fourth-order valence-electron chi connectivity index (χ4n) is 2.49. The molecule has 0 saturated heterocycles. The second-order valence-electron chi connectivity index (χ2n) is 5.59. The standard InChI is InChI=1S/C16H20BrN5/c1-4-21-15-6-5-13(17)7-14(15)20-16(21)18-8-12-9-19-22(10-12)11(2)3/h5-7,9-11H,4,8H2,1-3H3,(H,18,20). The number of hydrogen-bond acceptors (Lipinski definition) is 3. The summed E-state index contributed by atoms with van der Waals surface area (Å²) in [5.74, 6) is 0.896. The van der Waals surface area contributed by atoms with Gasteiger partial charge in [0.1, 0.15) is 0 Å². The predicted molar refractivity (Wildman–Crippen MR) is 93.0 cm³/mol. The molecule has 116 valence electrons. The van der Waals surface area contributed by atoms with E-state index < -0.39 is 0 Å². The van der Waals surface area contributed by atoms with E-state index in [0.717, 1.165) is 40.1 Å². The smallest absolute Gasteiger partial charge is 0.204 e. The number of imidazole rings is 1. The van der Waals surface area contributed by atoms with Gasteiger partial charge >= 0.3 is 0 Å². The Morgan fingerprint density at radius 3 is 2.82 bits per heavy atom.